The third kappa shape index (κ3) is 10.4. The highest BCUT2D eigenvalue weighted by Crippen LogP contribution is 2.45. The van der Waals surface area contributed by atoms with E-state index in [4.69, 9.17) is 4.99 Å². The van der Waals surface area contributed by atoms with Crippen molar-refractivity contribution in [1.82, 2.24) is 10.2 Å². The minimum atomic E-state index is 0.213. The fourth-order valence-corrected chi connectivity index (χ4v) is 7.51. The Morgan fingerprint density at radius 2 is 1.65 bits per heavy atom. The van der Waals surface area contributed by atoms with Crippen LogP contribution in [0.25, 0.3) is 5.70 Å². The summed E-state index contributed by atoms with van der Waals surface area (Å²) in [5.74, 6) is 2.76. The first-order chi connectivity index (χ1) is 20.9. The summed E-state index contributed by atoms with van der Waals surface area (Å²) in [6.07, 6.45) is 25.7. The Hall–Kier alpha value is -2.29. The Morgan fingerprint density at radius 1 is 0.930 bits per heavy atom. The van der Waals surface area contributed by atoms with Crippen LogP contribution in [0.4, 0.5) is 0 Å². The van der Waals surface area contributed by atoms with E-state index in [1.165, 1.54) is 118 Å². The van der Waals surface area contributed by atoms with E-state index in [0.29, 0.717) is 0 Å². The molecule has 0 saturated heterocycles. The summed E-state index contributed by atoms with van der Waals surface area (Å²) < 4.78 is 0. The van der Waals surface area contributed by atoms with Crippen molar-refractivity contribution < 1.29 is 0 Å². The number of allylic oxidation sites excluding steroid dienone is 1. The Morgan fingerprint density at radius 3 is 2.30 bits per heavy atom. The molecular formula is C40H65N3. The second kappa shape index (κ2) is 17.9. The van der Waals surface area contributed by atoms with Crippen molar-refractivity contribution in [1.29, 1.82) is 0 Å². The van der Waals surface area contributed by atoms with Gasteiger partial charge in [0.2, 0.25) is 0 Å². The maximum Gasteiger partial charge on any atom is 0.0872 e. The van der Waals surface area contributed by atoms with Crippen LogP contribution < -0.4 is 5.32 Å². The van der Waals surface area contributed by atoms with Crippen molar-refractivity contribution in [3.8, 4) is 0 Å². The Labute approximate surface area is 266 Å². The standard InChI is InChI=1S/C19H28N2.C17H25N.2C2H6/c1-15-8-9-18(12-16(15)2)19-13-21(14-20-19)11-10-17-6-4-3-5-7-17;1-13-3-5-15(6-4-13)16-8-10-18-17(12-16)9-7-14(2)11-17;2*1-2/h8-9,12-13,17,20H,3-7,10-11,14H2,1-2H3;8,10,13,15H,2-7,9,11-12H2,1H3;2*1-2H3. The van der Waals surface area contributed by atoms with Crippen molar-refractivity contribution in [2.24, 2.45) is 22.7 Å². The zero-order valence-corrected chi connectivity index (χ0v) is 29.1. The summed E-state index contributed by atoms with van der Waals surface area (Å²) in [4.78, 5) is 7.25. The third-order valence-electron chi connectivity index (χ3n) is 10.4. The molecule has 1 aromatic carbocycles. The largest absolute Gasteiger partial charge is 0.366 e. The van der Waals surface area contributed by atoms with E-state index in [-0.39, 0.29) is 5.54 Å². The van der Waals surface area contributed by atoms with E-state index in [2.05, 4.69) is 74.3 Å². The summed E-state index contributed by atoms with van der Waals surface area (Å²) in [5, 5.41) is 3.54. The average molecular weight is 588 g/mol. The van der Waals surface area contributed by atoms with Gasteiger partial charge in [-0.05, 0) is 105 Å². The summed E-state index contributed by atoms with van der Waals surface area (Å²) in [7, 11) is 0. The van der Waals surface area contributed by atoms with Crippen molar-refractivity contribution in [2.75, 3.05) is 13.2 Å². The third-order valence-corrected chi connectivity index (χ3v) is 10.4. The molecule has 1 spiro atoms. The molecular weight excluding hydrogens is 522 g/mol. The monoisotopic (exact) mass is 588 g/mol. The Kier molecular flexibility index (Phi) is 14.6. The van der Waals surface area contributed by atoms with Crippen LogP contribution in [0, 0.1) is 31.6 Å². The van der Waals surface area contributed by atoms with Gasteiger partial charge in [-0.15, -0.1) is 0 Å². The number of dihydropyridines is 1. The molecule has 3 saturated carbocycles. The van der Waals surface area contributed by atoms with Crippen LogP contribution in [0.15, 0.2) is 53.2 Å². The number of nitrogens with zero attached hydrogens (tertiary/aromatic N) is 2. The number of rotatable bonds is 5. The predicted octanol–water partition coefficient (Wildman–Crippen LogP) is 11.2. The SMILES string of the molecule is C=C1CCC2(C1)CC(C1CCC(C)CC1)=CC=N2.CC.CC.Cc1ccc(C2=CN(CCC3CCCCC3)CN2)cc1C. The van der Waals surface area contributed by atoms with Crippen molar-refractivity contribution in [3.63, 3.8) is 0 Å². The van der Waals surface area contributed by atoms with Gasteiger partial charge >= 0.3 is 0 Å². The first-order valence-corrected chi connectivity index (χ1v) is 18.1. The Bertz CT molecular complexity index is 1080. The van der Waals surface area contributed by atoms with Gasteiger partial charge in [0.25, 0.3) is 0 Å². The normalized spacial score (nSPS) is 26.7. The van der Waals surface area contributed by atoms with Gasteiger partial charge in [0, 0.05) is 19.0 Å². The van der Waals surface area contributed by atoms with Gasteiger partial charge in [-0.1, -0.05) is 109 Å². The van der Waals surface area contributed by atoms with E-state index in [9.17, 15) is 0 Å². The van der Waals surface area contributed by atoms with Gasteiger partial charge in [0.05, 0.1) is 17.9 Å². The molecule has 2 heterocycles. The van der Waals surface area contributed by atoms with Crippen LogP contribution in [0.1, 0.15) is 141 Å². The van der Waals surface area contributed by atoms with Crippen LogP contribution in [-0.4, -0.2) is 29.9 Å². The molecule has 0 radical (unpaired) electrons. The number of aliphatic imine (C=N–C) groups is 1. The van der Waals surface area contributed by atoms with Gasteiger partial charge in [-0.25, -0.2) is 0 Å². The fourth-order valence-electron chi connectivity index (χ4n) is 7.51. The molecule has 1 aromatic rings. The molecule has 5 aliphatic rings. The molecule has 2 aliphatic heterocycles. The first-order valence-electron chi connectivity index (χ1n) is 18.1. The number of nitrogens with one attached hydrogen (secondary N) is 1. The second-order valence-corrected chi connectivity index (χ2v) is 13.6. The van der Waals surface area contributed by atoms with E-state index in [1.807, 2.05) is 27.7 Å². The fraction of sp³-hybridized carbons (Fsp3) is 0.675. The van der Waals surface area contributed by atoms with Crippen LogP contribution in [0.3, 0.4) is 0 Å². The maximum atomic E-state index is 4.81. The minimum Gasteiger partial charge on any atom is -0.366 e. The number of hydrogen-bond donors (Lipinski definition) is 1. The molecule has 0 bridgehead atoms. The van der Waals surface area contributed by atoms with Crippen molar-refractivity contribution in [2.45, 2.75) is 144 Å². The number of hydrogen-bond acceptors (Lipinski definition) is 3. The molecule has 3 heteroatoms. The van der Waals surface area contributed by atoms with Gasteiger partial charge in [-0.3, -0.25) is 4.99 Å². The topological polar surface area (TPSA) is 27.6 Å². The van der Waals surface area contributed by atoms with Crippen LogP contribution in [-0.2, 0) is 0 Å². The van der Waals surface area contributed by atoms with E-state index < -0.39 is 0 Å². The van der Waals surface area contributed by atoms with E-state index in [1.54, 1.807) is 5.57 Å². The molecule has 1 atom stereocenters. The Balaban J connectivity index is 0.000000213. The van der Waals surface area contributed by atoms with Crippen LogP contribution in [0.5, 0.6) is 0 Å². The molecule has 0 amide bonds. The lowest BCUT2D eigenvalue weighted by atomic mass is 9.74. The zero-order chi connectivity index (χ0) is 31.2. The van der Waals surface area contributed by atoms with Crippen molar-refractivity contribution >= 4 is 11.9 Å². The van der Waals surface area contributed by atoms with Gasteiger partial charge < -0.3 is 10.2 Å². The van der Waals surface area contributed by atoms with E-state index >= 15 is 0 Å². The summed E-state index contributed by atoms with van der Waals surface area (Å²) >= 11 is 0. The highest BCUT2D eigenvalue weighted by atomic mass is 15.3. The molecule has 0 aromatic heterocycles. The number of benzene rings is 1. The lowest BCUT2D eigenvalue weighted by Gasteiger charge is -2.34. The van der Waals surface area contributed by atoms with Gasteiger partial charge in [-0.2, -0.15) is 0 Å². The predicted molar refractivity (Wildman–Crippen MR) is 191 cm³/mol. The van der Waals surface area contributed by atoms with Gasteiger partial charge in [0.1, 0.15) is 0 Å². The molecule has 6 rings (SSSR count). The quantitative estimate of drug-likeness (QED) is 0.347. The van der Waals surface area contributed by atoms with Gasteiger partial charge in [0.15, 0.2) is 0 Å². The molecule has 1 N–H and O–H groups in total. The maximum absolute atomic E-state index is 4.81. The molecule has 43 heavy (non-hydrogen) atoms. The van der Waals surface area contributed by atoms with Crippen molar-refractivity contribution in [3.05, 3.63) is 64.9 Å². The lowest BCUT2D eigenvalue weighted by Crippen LogP contribution is -2.28. The molecule has 3 aliphatic carbocycles. The highest BCUT2D eigenvalue weighted by molar-refractivity contribution is 5.74. The van der Waals surface area contributed by atoms with Crippen LogP contribution >= 0.6 is 0 Å². The average Bonchev–Trinajstić information content (AvgIpc) is 3.67. The summed E-state index contributed by atoms with van der Waals surface area (Å²) in [6.45, 7) is 21.1. The van der Waals surface area contributed by atoms with Crippen LogP contribution in [0.2, 0.25) is 0 Å². The minimum absolute atomic E-state index is 0.213. The smallest absolute Gasteiger partial charge is 0.0872 e. The first kappa shape index (κ1) is 35.2. The van der Waals surface area contributed by atoms with E-state index in [0.717, 1.165) is 30.8 Å². The molecule has 240 valence electrons. The summed E-state index contributed by atoms with van der Waals surface area (Å²) in [5.41, 5.74) is 8.64. The number of aryl methyl sites for hydroxylation is 2. The molecule has 3 nitrogen and oxygen atoms in total. The zero-order valence-electron chi connectivity index (χ0n) is 29.1. The lowest BCUT2D eigenvalue weighted by molar-refractivity contribution is 0.288. The molecule has 1 unspecified atom stereocenters. The highest BCUT2D eigenvalue weighted by Gasteiger charge is 2.38. The summed E-state index contributed by atoms with van der Waals surface area (Å²) in [6, 6.07) is 6.74. The molecule has 3 fully saturated rings. The second-order valence-electron chi connectivity index (χ2n) is 13.6.